The van der Waals surface area contributed by atoms with Gasteiger partial charge in [0, 0.05) is 39.6 Å². The molecule has 0 spiro atoms. The van der Waals surface area contributed by atoms with Gasteiger partial charge in [-0.2, -0.15) is 4.98 Å². The second-order valence-corrected chi connectivity index (χ2v) is 7.55. The zero-order valence-electron chi connectivity index (χ0n) is 18.1. The lowest BCUT2D eigenvalue weighted by atomic mass is 10.1. The summed E-state index contributed by atoms with van der Waals surface area (Å²) in [6.07, 6.45) is 0. The molecule has 4 rings (SSSR count). The molecule has 0 bridgehead atoms. The molecule has 1 aliphatic heterocycles. The first-order valence-electron chi connectivity index (χ1n) is 10.4. The Morgan fingerprint density at radius 3 is 2.59 bits per heavy atom. The van der Waals surface area contributed by atoms with Crippen LogP contribution in [0.5, 0.6) is 11.5 Å². The second-order valence-electron chi connectivity index (χ2n) is 7.55. The number of ether oxygens (including phenoxy) is 2. The molecule has 8 nitrogen and oxygen atoms in total. The van der Waals surface area contributed by atoms with Crippen LogP contribution in [-0.2, 0) is 13.2 Å². The first kappa shape index (κ1) is 21.8. The average molecular weight is 440 g/mol. The predicted octanol–water partition coefficient (Wildman–Crippen LogP) is 3.06. The predicted molar refractivity (Wildman–Crippen MR) is 114 cm³/mol. The van der Waals surface area contributed by atoms with Gasteiger partial charge in [-0.25, -0.2) is 4.39 Å². The number of rotatable bonds is 7. The maximum Gasteiger partial charge on any atom is 0.257 e. The molecule has 0 unspecified atom stereocenters. The van der Waals surface area contributed by atoms with Gasteiger partial charge in [-0.15, -0.1) is 0 Å². The smallest absolute Gasteiger partial charge is 0.257 e. The highest BCUT2D eigenvalue weighted by Gasteiger charge is 2.24. The quantitative estimate of drug-likeness (QED) is 0.559. The number of carbonyl (C=O) groups excluding carboxylic acids is 1. The molecule has 2 heterocycles. The van der Waals surface area contributed by atoms with Gasteiger partial charge in [0.15, 0.2) is 18.2 Å². The minimum atomic E-state index is -0.369. The third-order valence-corrected chi connectivity index (χ3v) is 5.33. The Kier molecular flexibility index (Phi) is 6.65. The molecule has 1 saturated heterocycles. The van der Waals surface area contributed by atoms with Gasteiger partial charge in [0.1, 0.15) is 5.75 Å². The molecule has 3 aromatic rings. The summed E-state index contributed by atoms with van der Waals surface area (Å²) >= 11 is 0. The van der Waals surface area contributed by atoms with Crippen LogP contribution in [-0.4, -0.2) is 59.1 Å². The topological polar surface area (TPSA) is 80.9 Å². The largest absolute Gasteiger partial charge is 0.494 e. The van der Waals surface area contributed by atoms with E-state index >= 15 is 0 Å². The van der Waals surface area contributed by atoms with Crippen LogP contribution in [0.25, 0.3) is 0 Å². The van der Waals surface area contributed by atoms with Crippen LogP contribution in [0.4, 0.5) is 4.39 Å². The normalized spacial score (nSPS) is 14.4. The monoisotopic (exact) mass is 440 g/mol. The van der Waals surface area contributed by atoms with Crippen molar-refractivity contribution in [1.29, 1.82) is 0 Å². The van der Waals surface area contributed by atoms with E-state index in [-0.39, 0.29) is 24.1 Å². The number of aromatic nitrogens is 2. The second kappa shape index (κ2) is 9.78. The van der Waals surface area contributed by atoms with Gasteiger partial charge in [0.25, 0.3) is 5.91 Å². The van der Waals surface area contributed by atoms with Crippen molar-refractivity contribution in [3.8, 4) is 11.5 Å². The van der Waals surface area contributed by atoms with Gasteiger partial charge < -0.3 is 18.9 Å². The molecular weight excluding hydrogens is 415 g/mol. The summed E-state index contributed by atoms with van der Waals surface area (Å²) in [5, 5.41) is 3.81. The van der Waals surface area contributed by atoms with Crippen molar-refractivity contribution in [2.45, 2.75) is 20.1 Å². The van der Waals surface area contributed by atoms with E-state index in [1.54, 1.807) is 25.1 Å². The van der Waals surface area contributed by atoms with Gasteiger partial charge >= 0.3 is 0 Å². The molecular formula is C23H25FN4O4. The Bertz CT molecular complexity index is 1080. The number of para-hydroxylation sites is 1. The van der Waals surface area contributed by atoms with Crippen LogP contribution in [0.3, 0.4) is 0 Å². The first-order valence-corrected chi connectivity index (χ1v) is 10.4. The number of halogens is 1. The highest BCUT2D eigenvalue weighted by atomic mass is 19.1. The molecule has 1 aliphatic rings. The van der Waals surface area contributed by atoms with Crippen LogP contribution >= 0.6 is 0 Å². The number of amides is 1. The van der Waals surface area contributed by atoms with Crippen molar-refractivity contribution in [2.24, 2.45) is 0 Å². The van der Waals surface area contributed by atoms with Crippen LogP contribution in [0.2, 0.25) is 0 Å². The fourth-order valence-electron chi connectivity index (χ4n) is 3.66. The Hall–Kier alpha value is -3.46. The number of carbonyl (C=O) groups is 1. The number of aryl methyl sites for hydroxylation is 1. The van der Waals surface area contributed by atoms with E-state index in [9.17, 15) is 9.18 Å². The third-order valence-electron chi connectivity index (χ3n) is 5.33. The lowest BCUT2D eigenvalue weighted by Gasteiger charge is -2.35. The highest BCUT2D eigenvalue weighted by molar-refractivity contribution is 5.97. The maximum atomic E-state index is 13.9. The molecule has 32 heavy (non-hydrogen) atoms. The van der Waals surface area contributed by atoms with Crippen LogP contribution in [0, 0.1) is 12.7 Å². The lowest BCUT2D eigenvalue weighted by molar-refractivity contribution is 0.0623. The molecule has 168 valence electrons. The minimum Gasteiger partial charge on any atom is -0.494 e. The van der Waals surface area contributed by atoms with Crippen molar-refractivity contribution in [3.05, 3.63) is 71.1 Å². The van der Waals surface area contributed by atoms with E-state index in [0.717, 1.165) is 5.56 Å². The molecule has 1 amide bonds. The van der Waals surface area contributed by atoms with Gasteiger partial charge in [-0.1, -0.05) is 23.4 Å². The van der Waals surface area contributed by atoms with Crippen LogP contribution < -0.4 is 9.47 Å². The zero-order chi connectivity index (χ0) is 22.5. The summed E-state index contributed by atoms with van der Waals surface area (Å²) in [6.45, 7) is 5.00. The molecule has 0 atom stereocenters. The van der Waals surface area contributed by atoms with E-state index in [1.165, 1.54) is 13.2 Å². The van der Waals surface area contributed by atoms with Crippen molar-refractivity contribution >= 4 is 5.91 Å². The van der Waals surface area contributed by atoms with Crippen LogP contribution in [0.1, 0.15) is 27.6 Å². The van der Waals surface area contributed by atoms with Gasteiger partial charge in [0.05, 0.1) is 12.7 Å². The van der Waals surface area contributed by atoms with E-state index in [4.69, 9.17) is 14.0 Å². The lowest BCUT2D eigenvalue weighted by Crippen LogP contribution is -2.48. The highest BCUT2D eigenvalue weighted by Crippen LogP contribution is 2.23. The number of piperazine rings is 1. The summed E-state index contributed by atoms with van der Waals surface area (Å²) in [5.41, 5.74) is 1.37. The Morgan fingerprint density at radius 1 is 1.12 bits per heavy atom. The molecule has 1 aromatic heterocycles. The maximum absolute atomic E-state index is 13.9. The van der Waals surface area contributed by atoms with Gasteiger partial charge in [-0.3, -0.25) is 9.69 Å². The Balaban J connectivity index is 1.35. The van der Waals surface area contributed by atoms with Crippen molar-refractivity contribution in [1.82, 2.24) is 19.9 Å². The molecule has 0 saturated carbocycles. The summed E-state index contributed by atoms with van der Waals surface area (Å²) in [7, 11) is 1.45. The Labute approximate surface area is 185 Å². The summed E-state index contributed by atoms with van der Waals surface area (Å²) in [5.74, 6) is 1.15. The molecule has 0 N–H and O–H groups in total. The average Bonchev–Trinajstić information content (AvgIpc) is 3.23. The molecule has 0 aliphatic carbocycles. The number of hydrogen-bond acceptors (Lipinski definition) is 7. The molecule has 2 aromatic carbocycles. The first-order chi connectivity index (χ1) is 15.5. The summed E-state index contributed by atoms with van der Waals surface area (Å²) in [6, 6.07) is 12.1. The zero-order valence-corrected chi connectivity index (χ0v) is 18.1. The van der Waals surface area contributed by atoms with Gasteiger partial charge in [-0.05, 0) is 29.8 Å². The fourth-order valence-corrected chi connectivity index (χ4v) is 3.66. The third kappa shape index (κ3) is 5.05. The molecule has 1 fully saturated rings. The standard InChI is InChI=1S/C23H25FN4O4/c1-16-25-22(26-32-16)15-31-20-6-4-3-5-18(20)23(29)28-11-9-27(10-12-28)14-17-7-8-21(30-2)19(24)13-17/h3-8,13H,9-12,14-15H2,1-2H3. The van der Waals surface area contributed by atoms with Gasteiger partial charge in [0.2, 0.25) is 11.7 Å². The number of hydrogen-bond donors (Lipinski definition) is 0. The van der Waals surface area contributed by atoms with E-state index in [2.05, 4.69) is 15.0 Å². The van der Waals surface area contributed by atoms with Crippen molar-refractivity contribution in [2.75, 3.05) is 33.3 Å². The summed E-state index contributed by atoms with van der Waals surface area (Å²) in [4.78, 5) is 21.3. The number of methoxy groups -OCH3 is 1. The van der Waals surface area contributed by atoms with E-state index < -0.39 is 0 Å². The minimum absolute atomic E-state index is 0.0833. The number of benzene rings is 2. The fraction of sp³-hybridized carbons (Fsp3) is 0.348. The van der Waals surface area contributed by atoms with Crippen molar-refractivity contribution in [3.63, 3.8) is 0 Å². The Morgan fingerprint density at radius 2 is 1.91 bits per heavy atom. The van der Waals surface area contributed by atoms with E-state index in [1.807, 2.05) is 23.1 Å². The molecule has 9 heteroatoms. The van der Waals surface area contributed by atoms with Crippen LogP contribution in [0.15, 0.2) is 47.0 Å². The number of nitrogens with zero attached hydrogens (tertiary/aromatic N) is 4. The SMILES string of the molecule is COc1ccc(CN2CCN(C(=O)c3ccccc3OCc3noc(C)n3)CC2)cc1F. The molecule has 0 radical (unpaired) electrons. The van der Waals surface area contributed by atoms with E-state index in [0.29, 0.717) is 55.8 Å². The summed E-state index contributed by atoms with van der Waals surface area (Å²) < 4.78 is 29.7. The van der Waals surface area contributed by atoms with Crippen molar-refractivity contribution < 1.29 is 23.2 Å².